The fraction of sp³-hybridized carbons (Fsp3) is 0.385. The van der Waals surface area contributed by atoms with E-state index in [0.717, 1.165) is 5.69 Å². The lowest BCUT2D eigenvalue weighted by molar-refractivity contribution is -0.149. The van der Waals surface area contributed by atoms with Crippen LogP contribution in [0.2, 0.25) is 5.02 Å². The van der Waals surface area contributed by atoms with Crippen LogP contribution >= 0.6 is 11.6 Å². The molecule has 1 atom stereocenters. The third-order valence-electron chi connectivity index (χ3n) is 3.26. The molecule has 1 aliphatic heterocycles. The van der Waals surface area contributed by atoms with Crippen molar-refractivity contribution >= 4 is 29.2 Å². The molecule has 0 aliphatic carbocycles. The SMILES string of the molecule is CC(=O)N1CCN(c2ccc(Cl)cc2)C[C@H]1C(=O)O. The van der Waals surface area contributed by atoms with Gasteiger partial charge in [0.1, 0.15) is 6.04 Å². The largest absolute Gasteiger partial charge is 0.480 e. The summed E-state index contributed by atoms with van der Waals surface area (Å²) < 4.78 is 0. The number of halogens is 1. The van der Waals surface area contributed by atoms with Crippen molar-refractivity contribution in [2.24, 2.45) is 0 Å². The van der Waals surface area contributed by atoms with Crippen molar-refractivity contribution in [2.45, 2.75) is 13.0 Å². The molecule has 6 heteroatoms. The van der Waals surface area contributed by atoms with E-state index in [0.29, 0.717) is 18.1 Å². The van der Waals surface area contributed by atoms with Crippen molar-refractivity contribution in [3.63, 3.8) is 0 Å². The maximum absolute atomic E-state index is 11.4. The minimum absolute atomic E-state index is 0.205. The molecule has 1 aliphatic rings. The molecular formula is C13H15ClN2O3. The summed E-state index contributed by atoms with van der Waals surface area (Å²) in [4.78, 5) is 26.0. The van der Waals surface area contributed by atoms with E-state index in [1.807, 2.05) is 17.0 Å². The quantitative estimate of drug-likeness (QED) is 0.892. The van der Waals surface area contributed by atoms with Gasteiger partial charge in [0.2, 0.25) is 5.91 Å². The van der Waals surface area contributed by atoms with Gasteiger partial charge >= 0.3 is 5.97 Å². The third-order valence-corrected chi connectivity index (χ3v) is 3.51. The number of amides is 1. The van der Waals surface area contributed by atoms with Crippen molar-refractivity contribution in [2.75, 3.05) is 24.5 Å². The Morgan fingerprint density at radius 3 is 2.42 bits per heavy atom. The van der Waals surface area contributed by atoms with Crippen LogP contribution in [0.25, 0.3) is 0 Å². The monoisotopic (exact) mass is 282 g/mol. The molecule has 0 saturated carbocycles. The summed E-state index contributed by atoms with van der Waals surface area (Å²) in [6.45, 7) is 2.71. The topological polar surface area (TPSA) is 60.9 Å². The second-order valence-corrected chi connectivity index (χ2v) is 4.93. The smallest absolute Gasteiger partial charge is 0.328 e. The van der Waals surface area contributed by atoms with Crippen LogP contribution in [0.15, 0.2) is 24.3 Å². The fourth-order valence-electron chi connectivity index (χ4n) is 2.26. The number of rotatable bonds is 2. The Hall–Kier alpha value is -1.75. The molecule has 1 fully saturated rings. The Bertz CT molecular complexity index is 489. The first kappa shape index (κ1) is 13.7. The number of hydrogen-bond acceptors (Lipinski definition) is 3. The second-order valence-electron chi connectivity index (χ2n) is 4.49. The van der Waals surface area contributed by atoms with Gasteiger partial charge in [0, 0.05) is 37.3 Å². The molecule has 19 heavy (non-hydrogen) atoms. The van der Waals surface area contributed by atoms with Gasteiger partial charge in [-0.1, -0.05) is 11.6 Å². The van der Waals surface area contributed by atoms with Crippen LogP contribution in [0, 0.1) is 0 Å². The van der Waals surface area contributed by atoms with Gasteiger partial charge in [0.25, 0.3) is 0 Å². The van der Waals surface area contributed by atoms with Crippen molar-refractivity contribution < 1.29 is 14.7 Å². The first-order valence-electron chi connectivity index (χ1n) is 5.99. The molecule has 0 aromatic heterocycles. The average Bonchev–Trinajstić information content (AvgIpc) is 2.38. The highest BCUT2D eigenvalue weighted by molar-refractivity contribution is 6.30. The number of carbonyl (C=O) groups excluding carboxylic acids is 1. The first-order chi connectivity index (χ1) is 8.99. The number of carbonyl (C=O) groups is 2. The van der Waals surface area contributed by atoms with Crippen LogP contribution in [0.4, 0.5) is 5.69 Å². The molecule has 1 N–H and O–H groups in total. The van der Waals surface area contributed by atoms with Crippen molar-refractivity contribution in [3.8, 4) is 0 Å². The highest BCUT2D eigenvalue weighted by Gasteiger charge is 2.33. The number of hydrogen-bond donors (Lipinski definition) is 1. The van der Waals surface area contributed by atoms with E-state index in [4.69, 9.17) is 11.6 Å². The second kappa shape index (κ2) is 5.48. The molecule has 5 nitrogen and oxygen atoms in total. The van der Waals surface area contributed by atoms with Gasteiger partial charge in [0.15, 0.2) is 0 Å². The lowest BCUT2D eigenvalue weighted by atomic mass is 10.1. The molecule has 2 rings (SSSR count). The average molecular weight is 283 g/mol. The molecule has 1 amide bonds. The maximum Gasteiger partial charge on any atom is 0.328 e. The van der Waals surface area contributed by atoms with E-state index in [2.05, 4.69) is 0 Å². The standard InChI is InChI=1S/C13H15ClN2O3/c1-9(17)16-7-6-15(8-12(16)13(18)19)11-4-2-10(14)3-5-11/h2-5,12H,6-8H2,1H3,(H,18,19)/t12-/m0/s1. The normalized spacial score (nSPS) is 19.4. The number of carboxylic acids is 1. The Labute approximate surface area is 116 Å². The molecule has 0 unspecified atom stereocenters. The summed E-state index contributed by atoms with van der Waals surface area (Å²) in [6.07, 6.45) is 0. The predicted octanol–water partition coefficient (Wildman–Crippen LogP) is 1.46. The molecule has 1 heterocycles. The summed E-state index contributed by atoms with van der Waals surface area (Å²) in [5.74, 6) is -1.18. The zero-order chi connectivity index (χ0) is 14.0. The Balaban J connectivity index is 2.17. The van der Waals surface area contributed by atoms with Crippen LogP contribution in [0.5, 0.6) is 0 Å². The predicted molar refractivity (Wildman–Crippen MR) is 72.5 cm³/mol. The molecule has 1 saturated heterocycles. The Morgan fingerprint density at radius 2 is 1.89 bits per heavy atom. The van der Waals surface area contributed by atoms with E-state index < -0.39 is 12.0 Å². The van der Waals surface area contributed by atoms with Crippen LogP contribution in [-0.2, 0) is 9.59 Å². The van der Waals surface area contributed by atoms with E-state index in [1.165, 1.54) is 11.8 Å². The molecular weight excluding hydrogens is 268 g/mol. The Morgan fingerprint density at radius 1 is 1.26 bits per heavy atom. The molecule has 1 aromatic rings. The summed E-state index contributed by atoms with van der Waals surface area (Å²) >= 11 is 5.83. The van der Waals surface area contributed by atoms with Crippen molar-refractivity contribution in [1.29, 1.82) is 0 Å². The van der Waals surface area contributed by atoms with Crippen LogP contribution in [0.1, 0.15) is 6.92 Å². The van der Waals surface area contributed by atoms with Crippen molar-refractivity contribution in [3.05, 3.63) is 29.3 Å². The molecule has 102 valence electrons. The summed E-state index contributed by atoms with van der Waals surface area (Å²) in [5, 5.41) is 9.86. The maximum atomic E-state index is 11.4. The molecule has 0 radical (unpaired) electrons. The van der Waals surface area contributed by atoms with Gasteiger partial charge in [-0.2, -0.15) is 0 Å². The molecule has 0 bridgehead atoms. The molecule has 1 aromatic carbocycles. The number of anilines is 1. The summed E-state index contributed by atoms with van der Waals surface area (Å²) in [5.41, 5.74) is 0.916. The molecule has 0 spiro atoms. The fourth-order valence-corrected chi connectivity index (χ4v) is 2.38. The highest BCUT2D eigenvalue weighted by atomic mass is 35.5. The van der Waals surface area contributed by atoms with E-state index in [1.54, 1.807) is 12.1 Å². The zero-order valence-corrected chi connectivity index (χ0v) is 11.3. The van der Waals surface area contributed by atoms with Crippen LogP contribution < -0.4 is 4.90 Å². The zero-order valence-electron chi connectivity index (χ0n) is 10.5. The lowest BCUT2D eigenvalue weighted by Crippen LogP contribution is -2.58. The Kier molecular flexibility index (Phi) is 3.95. The van der Waals surface area contributed by atoms with Crippen LogP contribution in [-0.4, -0.2) is 47.6 Å². The lowest BCUT2D eigenvalue weighted by Gasteiger charge is -2.40. The summed E-state index contributed by atoms with van der Waals surface area (Å²) in [6, 6.07) is 6.44. The van der Waals surface area contributed by atoms with E-state index in [9.17, 15) is 14.7 Å². The minimum atomic E-state index is -0.978. The van der Waals surface area contributed by atoms with E-state index in [-0.39, 0.29) is 12.5 Å². The van der Waals surface area contributed by atoms with Crippen LogP contribution in [0.3, 0.4) is 0 Å². The summed E-state index contributed by atoms with van der Waals surface area (Å²) in [7, 11) is 0. The number of piperazine rings is 1. The van der Waals surface area contributed by atoms with E-state index >= 15 is 0 Å². The number of benzene rings is 1. The van der Waals surface area contributed by atoms with Gasteiger partial charge in [-0.15, -0.1) is 0 Å². The third kappa shape index (κ3) is 2.98. The van der Waals surface area contributed by atoms with Gasteiger partial charge in [-0.3, -0.25) is 4.79 Å². The number of nitrogens with zero attached hydrogens (tertiary/aromatic N) is 2. The van der Waals surface area contributed by atoms with Gasteiger partial charge in [-0.05, 0) is 24.3 Å². The van der Waals surface area contributed by atoms with Gasteiger partial charge in [0.05, 0.1) is 0 Å². The van der Waals surface area contributed by atoms with Gasteiger partial charge < -0.3 is 14.9 Å². The van der Waals surface area contributed by atoms with Gasteiger partial charge in [-0.25, -0.2) is 4.79 Å². The number of aliphatic carboxylic acids is 1. The van der Waals surface area contributed by atoms with Crippen molar-refractivity contribution in [1.82, 2.24) is 4.90 Å². The minimum Gasteiger partial charge on any atom is -0.480 e. The highest BCUT2D eigenvalue weighted by Crippen LogP contribution is 2.21. The number of carboxylic acid groups (broad SMARTS) is 1. The first-order valence-corrected chi connectivity index (χ1v) is 6.37.